The number of hydrogen-bond acceptors (Lipinski definition) is 4. The number of nitrogens with one attached hydrogen (secondary N) is 2. The minimum Gasteiger partial charge on any atom is -0.395 e. The van der Waals surface area contributed by atoms with Crippen LogP contribution in [0, 0.1) is 11.8 Å². The van der Waals surface area contributed by atoms with Crippen molar-refractivity contribution in [3.05, 3.63) is 42.2 Å². The molecule has 0 radical (unpaired) electrons. The van der Waals surface area contributed by atoms with Gasteiger partial charge >= 0.3 is 0 Å². The van der Waals surface area contributed by atoms with Gasteiger partial charge in [0.05, 0.1) is 12.8 Å². The molecular weight excluding hydrogens is 278 g/mol. The number of aliphatic hydroxyl groups is 1. The van der Waals surface area contributed by atoms with Gasteiger partial charge in [0.15, 0.2) is 0 Å². The lowest BCUT2D eigenvalue weighted by atomic mass is 10.2. The fourth-order valence-electron chi connectivity index (χ4n) is 1.44. The second-order valence-electron chi connectivity index (χ2n) is 3.89. The SMILES string of the molecule is O=S(=O)(Nc1ccc(C#CCCO)cc1)c1cn[nH]c1. The van der Waals surface area contributed by atoms with Crippen LogP contribution in [-0.4, -0.2) is 30.3 Å². The van der Waals surface area contributed by atoms with E-state index < -0.39 is 10.0 Å². The van der Waals surface area contributed by atoms with E-state index in [1.807, 2.05) is 0 Å². The fourth-order valence-corrected chi connectivity index (χ4v) is 2.41. The molecule has 2 rings (SSSR count). The van der Waals surface area contributed by atoms with Crippen molar-refractivity contribution in [3.8, 4) is 11.8 Å². The molecule has 0 fully saturated rings. The standard InChI is InChI=1S/C13H13N3O3S/c17-8-2-1-3-11-4-6-12(7-5-11)16-20(18,19)13-9-14-15-10-13/h4-7,9-10,16-17H,2,8H2,(H,14,15). The maximum absolute atomic E-state index is 11.9. The van der Waals surface area contributed by atoms with Gasteiger partial charge in [-0.2, -0.15) is 5.10 Å². The van der Waals surface area contributed by atoms with E-state index in [2.05, 4.69) is 26.8 Å². The van der Waals surface area contributed by atoms with Crippen molar-refractivity contribution in [2.24, 2.45) is 0 Å². The second kappa shape index (κ2) is 6.23. The van der Waals surface area contributed by atoms with Crippen molar-refractivity contribution >= 4 is 15.7 Å². The normalized spacial score (nSPS) is 10.7. The number of aromatic nitrogens is 2. The number of rotatable bonds is 4. The zero-order valence-corrected chi connectivity index (χ0v) is 11.3. The van der Waals surface area contributed by atoms with Crippen LogP contribution in [0.5, 0.6) is 0 Å². The topological polar surface area (TPSA) is 95.1 Å². The van der Waals surface area contributed by atoms with Gasteiger partial charge in [0.1, 0.15) is 4.90 Å². The first-order chi connectivity index (χ1) is 9.62. The van der Waals surface area contributed by atoms with Crippen LogP contribution < -0.4 is 4.72 Å². The third-order valence-corrected chi connectivity index (χ3v) is 3.74. The number of H-pyrrole nitrogens is 1. The van der Waals surface area contributed by atoms with Crippen molar-refractivity contribution in [1.82, 2.24) is 10.2 Å². The first kappa shape index (κ1) is 14.1. The molecule has 6 nitrogen and oxygen atoms in total. The van der Waals surface area contributed by atoms with Gasteiger partial charge < -0.3 is 5.11 Å². The van der Waals surface area contributed by atoms with E-state index in [0.717, 1.165) is 5.56 Å². The molecule has 0 unspecified atom stereocenters. The Morgan fingerprint density at radius 1 is 1.30 bits per heavy atom. The van der Waals surface area contributed by atoms with E-state index in [1.165, 1.54) is 12.4 Å². The van der Waals surface area contributed by atoms with Gasteiger partial charge in [-0.05, 0) is 24.3 Å². The van der Waals surface area contributed by atoms with Crippen LogP contribution in [0.1, 0.15) is 12.0 Å². The van der Waals surface area contributed by atoms with Gasteiger partial charge in [-0.15, -0.1) is 0 Å². The van der Waals surface area contributed by atoms with Crippen molar-refractivity contribution in [2.45, 2.75) is 11.3 Å². The highest BCUT2D eigenvalue weighted by molar-refractivity contribution is 7.92. The number of sulfonamides is 1. The van der Waals surface area contributed by atoms with Crippen LogP contribution in [0.4, 0.5) is 5.69 Å². The monoisotopic (exact) mass is 291 g/mol. The smallest absolute Gasteiger partial charge is 0.265 e. The summed E-state index contributed by atoms with van der Waals surface area (Å²) in [5.74, 6) is 5.65. The maximum Gasteiger partial charge on any atom is 0.265 e. The molecule has 7 heteroatoms. The predicted octanol–water partition coefficient (Wildman–Crippen LogP) is 0.944. The van der Waals surface area contributed by atoms with Gasteiger partial charge in [-0.3, -0.25) is 9.82 Å². The highest BCUT2D eigenvalue weighted by Gasteiger charge is 2.14. The van der Waals surface area contributed by atoms with Crippen LogP contribution in [0.3, 0.4) is 0 Å². The summed E-state index contributed by atoms with van der Waals surface area (Å²) in [7, 11) is -3.62. The maximum atomic E-state index is 11.9. The number of anilines is 1. The third-order valence-electron chi connectivity index (χ3n) is 2.39. The minimum absolute atomic E-state index is 0.0234. The average Bonchev–Trinajstić information content (AvgIpc) is 2.95. The summed E-state index contributed by atoms with van der Waals surface area (Å²) >= 11 is 0. The molecule has 0 aliphatic rings. The molecule has 2 aromatic rings. The van der Waals surface area contributed by atoms with Crippen LogP contribution in [0.15, 0.2) is 41.6 Å². The van der Waals surface area contributed by atoms with Gasteiger partial charge in [0.2, 0.25) is 0 Å². The Balaban J connectivity index is 2.10. The van der Waals surface area contributed by atoms with Crippen molar-refractivity contribution < 1.29 is 13.5 Å². The van der Waals surface area contributed by atoms with E-state index in [-0.39, 0.29) is 11.5 Å². The first-order valence-electron chi connectivity index (χ1n) is 5.83. The van der Waals surface area contributed by atoms with Gasteiger partial charge in [-0.1, -0.05) is 11.8 Å². The second-order valence-corrected chi connectivity index (χ2v) is 5.57. The summed E-state index contributed by atoms with van der Waals surface area (Å²) in [5, 5.41) is 14.7. The highest BCUT2D eigenvalue weighted by atomic mass is 32.2. The summed E-state index contributed by atoms with van der Waals surface area (Å²) < 4.78 is 26.3. The largest absolute Gasteiger partial charge is 0.395 e. The molecule has 0 aliphatic carbocycles. The number of benzene rings is 1. The molecule has 0 saturated heterocycles. The summed E-state index contributed by atoms with van der Waals surface area (Å²) in [5.41, 5.74) is 1.20. The lowest BCUT2D eigenvalue weighted by Crippen LogP contribution is -2.12. The van der Waals surface area contributed by atoms with Gasteiger partial charge in [-0.25, -0.2) is 8.42 Å². The Morgan fingerprint density at radius 3 is 2.65 bits per heavy atom. The zero-order valence-electron chi connectivity index (χ0n) is 10.5. The van der Waals surface area contributed by atoms with Crippen molar-refractivity contribution in [2.75, 3.05) is 11.3 Å². The average molecular weight is 291 g/mol. The van der Waals surface area contributed by atoms with E-state index in [9.17, 15) is 8.42 Å². The Hall–Kier alpha value is -2.30. The molecule has 1 aromatic carbocycles. The van der Waals surface area contributed by atoms with Crippen LogP contribution in [0.25, 0.3) is 0 Å². The number of aromatic amines is 1. The summed E-state index contributed by atoms with van der Waals surface area (Å²) in [4.78, 5) is 0.0734. The molecular formula is C13H13N3O3S. The summed E-state index contributed by atoms with van der Waals surface area (Å²) in [6, 6.07) is 6.66. The fraction of sp³-hybridized carbons (Fsp3) is 0.154. The third kappa shape index (κ3) is 3.60. The van der Waals surface area contributed by atoms with Crippen molar-refractivity contribution in [1.29, 1.82) is 0 Å². The lowest BCUT2D eigenvalue weighted by molar-refractivity contribution is 0.305. The molecule has 0 spiro atoms. The van der Waals surface area contributed by atoms with E-state index in [1.54, 1.807) is 24.3 Å². The highest BCUT2D eigenvalue weighted by Crippen LogP contribution is 2.15. The molecule has 0 aliphatic heterocycles. The van der Waals surface area contributed by atoms with Crippen LogP contribution >= 0.6 is 0 Å². The Morgan fingerprint density at radius 2 is 2.05 bits per heavy atom. The summed E-state index contributed by atoms with van der Waals surface area (Å²) in [6.45, 7) is 0.0234. The first-order valence-corrected chi connectivity index (χ1v) is 7.31. The molecule has 1 aromatic heterocycles. The molecule has 0 amide bonds. The molecule has 0 saturated carbocycles. The van der Waals surface area contributed by atoms with Gasteiger partial charge in [0.25, 0.3) is 10.0 Å². The van der Waals surface area contributed by atoms with Gasteiger partial charge in [0, 0.05) is 23.9 Å². The van der Waals surface area contributed by atoms with E-state index in [4.69, 9.17) is 5.11 Å². The summed E-state index contributed by atoms with van der Waals surface area (Å²) in [6.07, 6.45) is 2.95. The number of aliphatic hydroxyl groups excluding tert-OH is 1. The molecule has 104 valence electrons. The predicted molar refractivity (Wildman–Crippen MR) is 74.4 cm³/mol. The quantitative estimate of drug-likeness (QED) is 0.731. The molecule has 0 atom stereocenters. The van der Waals surface area contributed by atoms with Crippen LogP contribution in [0.2, 0.25) is 0 Å². The molecule has 1 heterocycles. The Labute approximate surface area is 116 Å². The Kier molecular flexibility index (Phi) is 4.40. The Bertz CT molecular complexity index is 710. The number of nitrogens with zero attached hydrogens (tertiary/aromatic N) is 1. The molecule has 0 bridgehead atoms. The van der Waals surface area contributed by atoms with E-state index >= 15 is 0 Å². The van der Waals surface area contributed by atoms with E-state index in [0.29, 0.717) is 12.1 Å². The van der Waals surface area contributed by atoms with Crippen LogP contribution in [-0.2, 0) is 10.0 Å². The zero-order chi connectivity index (χ0) is 14.4. The molecule has 3 N–H and O–H groups in total. The van der Waals surface area contributed by atoms with Crippen molar-refractivity contribution in [3.63, 3.8) is 0 Å². The minimum atomic E-state index is -3.62. The molecule has 20 heavy (non-hydrogen) atoms. The lowest BCUT2D eigenvalue weighted by Gasteiger charge is -2.05. The number of hydrogen-bond donors (Lipinski definition) is 3.